The van der Waals surface area contributed by atoms with Crippen LogP contribution in [-0.2, 0) is 11.3 Å². The summed E-state index contributed by atoms with van der Waals surface area (Å²) in [7, 11) is 1.95. The first-order chi connectivity index (χ1) is 11.1. The van der Waals surface area contributed by atoms with Crippen molar-refractivity contribution in [2.75, 3.05) is 20.1 Å². The van der Waals surface area contributed by atoms with Crippen molar-refractivity contribution in [2.24, 2.45) is 0 Å². The summed E-state index contributed by atoms with van der Waals surface area (Å²) in [6.07, 6.45) is 3.34. The van der Waals surface area contributed by atoms with E-state index in [9.17, 15) is 9.59 Å². The summed E-state index contributed by atoms with van der Waals surface area (Å²) in [6.45, 7) is 1.50. The molecule has 122 valence electrons. The number of aromatic nitrogens is 2. The second kappa shape index (κ2) is 6.80. The van der Waals surface area contributed by atoms with Gasteiger partial charge in [0.1, 0.15) is 6.54 Å². The molecule has 2 heterocycles. The molecule has 1 N–H and O–H groups in total. The molecule has 0 saturated carbocycles. The Hall–Kier alpha value is -1.73. The Kier molecular flexibility index (Phi) is 4.77. The minimum atomic E-state index is -0.185. The number of benzene rings is 1. The van der Waals surface area contributed by atoms with Gasteiger partial charge in [-0.2, -0.15) is 0 Å². The van der Waals surface area contributed by atoms with Crippen LogP contribution in [0.2, 0.25) is 0 Å². The predicted molar refractivity (Wildman–Crippen MR) is 92.4 cm³/mol. The SMILES string of the molecule is CNC1CCN(C(=O)Cn2cnc3ccc(Br)cc3c2=O)CC1. The fourth-order valence-corrected chi connectivity index (χ4v) is 3.27. The molecule has 1 saturated heterocycles. The van der Waals surface area contributed by atoms with E-state index in [1.54, 1.807) is 12.1 Å². The van der Waals surface area contributed by atoms with Gasteiger partial charge in [-0.3, -0.25) is 14.2 Å². The van der Waals surface area contributed by atoms with Crippen molar-refractivity contribution in [1.29, 1.82) is 0 Å². The summed E-state index contributed by atoms with van der Waals surface area (Å²) in [5.41, 5.74) is 0.450. The molecule has 0 spiro atoms. The van der Waals surface area contributed by atoms with Gasteiger partial charge in [-0.25, -0.2) is 4.98 Å². The average molecular weight is 379 g/mol. The van der Waals surface area contributed by atoms with Crippen LogP contribution in [0.5, 0.6) is 0 Å². The second-order valence-electron chi connectivity index (χ2n) is 5.78. The van der Waals surface area contributed by atoms with Crippen LogP contribution in [0, 0.1) is 0 Å². The van der Waals surface area contributed by atoms with Gasteiger partial charge in [0.05, 0.1) is 17.2 Å². The van der Waals surface area contributed by atoms with Gasteiger partial charge in [0.25, 0.3) is 5.56 Å². The molecular weight excluding hydrogens is 360 g/mol. The number of hydrogen-bond donors (Lipinski definition) is 1. The van der Waals surface area contributed by atoms with E-state index < -0.39 is 0 Å². The van der Waals surface area contributed by atoms with E-state index in [4.69, 9.17) is 0 Å². The molecule has 6 nitrogen and oxygen atoms in total. The summed E-state index contributed by atoms with van der Waals surface area (Å²) in [6, 6.07) is 5.84. The molecule has 3 rings (SSSR count). The molecule has 7 heteroatoms. The first-order valence-electron chi connectivity index (χ1n) is 7.68. The van der Waals surface area contributed by atoms with Crippen LogP contribution in [0.4, 0.5) is 0 Å². The lowest BCUT2D eigenvalue weighted by molar-refractivity contribution is -0.133. The third kappa shape index (κ3) is 3.45. The Morgan fingerprint density at radius 2 is 2.13 bits per heavy atom. The Labute approximate surface area is 142 Å². The van der Waals surface area contributed by atoms with E-state index in [1.165, 1.54) is 10.9 Å². The van der Waals surface area contributed by atoms with Gasteiger partial charge in [-0.15, -0.1) is 0 Å². The summed E-state index contributed by atoms with van der Waals surface area (Å²) >= 11 is 3.36. The standard InChI is InChI=1S/C16H19BrN4O2/c1-18-12-4-6-20(7-5-12)15(22)9-21-10-19-14-3-2-11(17)8-13(14)16(21)23/h2-3,8,10,12,18H,4-7,9H2,1H3. The number of fused-ring (bicyclic) bond motifs is 1. The molecule has 1 amide bonds. The van der Waals surface area contributed by atoms with Gasteiger partial charge in [-0.1, -0.05) is 15.9 Å². The molecule has 1 aliphatic rings. The number of halogens is 1. The zero-order valence-corrected chi connectivity index (χ0v) is 14.5. The van der Waals surface area contributed by atoms with Crippen molar-refractivity contribution in [3.8, 4) is 0 Å². The quantitative estimate of drug-likeness (QED) is 0.875. The molecule has 0 unspecified atom stereocenters. The third-order valence-electron chi connectivity index (χ3n) is 4.35. The highest BCUT2D eigenvalue weighted by Gasteiger charge is 2.22. The van der Waals surface area contributed by atoms with Gasteiger partial charge in [-0.05, 0) is 38.1 Å². The van der Waals surface area contributed by atoms with Crippen LogP contribution >= 0.6 is 15.9 Å². The Morgan fingerprint density at radius 1 is 1.39 bits per heavy atom. The minimum absolute atomic E-state index is 0.0298. The Balaban J connectivity index is 1.78. The number of amides is 1. The smallest absolute Gasteiger partial charge is 0.261 e. The minimum Gasteiger partial charge on any atom is -0.341 e. The zero-order valence-electron chi connectivity index (χ0n) is 13.0. The number of hydrogen-bond acceptors (Lipinski definition) is 4. The van der Waals surface area contributed by atoms with E-state index in [2.05, 4.69) is 26.2 Å². The lowest BCUT2D eigenvalue weighted by Gasteiger charge is -2.31. The number of piperidine rings is 1. The number of nitrogens with one attached hydrogen (secondary N) is 1. The molecule has 1 aliphatic heterocycles. The predicted octanol–water partition coefficient (Wildman–Crippen LogP) is 1.37. The maximum atomic E-state index is 12.5. The molecule has 23 heavy (non-hydrogen) atoms. The number of carbonyl (C=O) groups excluding carboxylic acids is 1. The van der Waals surface area contributed by atoms with Crippen molar-refractivity contribution in [3.05, 3.63) is 39.4 Å². The van der Waals surface area contributed by atoms with Gasteiger partial charge in [0.15, 0.2) is 0 Å². The summed E-state index contributed by atoms with van der Waals surface area (Å²) in [5, 5.41) is 3.76. The molecule has 1 fully saturated rings. The van der Waals surface area contributed by atoms with Gasteiger partial charge < -0.3 is 10.2 Å². The van der Waals surface area contributed by atoms with Crippen molar-refractivity contribution in [2.45, 2.75) is 25.4 Å². The number of carbonyl (C=O) groups is 1. The van der Waals surface area contributed by atoms with Crippen molar-refractivity contribution >= 4 is 32.7 Å². The van der Waals surface area contributed by atoms with Crippen LogP contribution in [-0.4, -0.2) is 46.5 Å². The summed E-state index contributed by atoms with van der Waals surface area (Å²) in [5.74, 6) is -0.0298. The van der Waals surface area contributed by atoms with Crippen LogP contribution in [0.3, 0.4) is 0 Å². The monoisotopic (exact) mass is 378 g/mol. The fraction of sp³-hybridized carbons (Fsp3) is 0.438. The van der Waals surface area contributed by atoms with E-state index in [-0.39, 0.29) is 18.0 Å². The topological polar surface area (TPSA) is 67.2 Å². The highest BCUT2D eigenvalue weighted by atomic mass is 79.9. The lowest BCUT2D eigenvalue weighted by Crippen LogP contribution is -2.45. The van der Waals surface area contributed by atoms with E-state index in [1.807, 2.05) is 18.0 Å². The number of rotatable bonds is 3. The summed E-state index contributed by atoms with van der Waals surface area (Å²) < 4.78 is 2.21. The molecular formula is C16H19BrN4O2. The number of likely N-dealkylation sites (tertiary alicyclic amines) is 1. The van der Waals surface area contributed by atoms with Crippen molar-refractivity contribution < 1.29 is 4.79 Å². The average Bonchev–Trinajstić information content (AvgIpc) is 2.58. The first kappa shape index (κ1) is 16.1. The van der Waals surface area contributed by atoms with Gasteiger partial charge in [0, 0.05) is 23.6 Å². The largest absolute Gasteiger partial charge is 0.341 e. The molecule has 1 aromatic carbocycles. The number of nitrogens with zero attached hydrogens (tertiary/aromatic N) is 3. The van der Waals surface area contributed by atoms with Crippen LogP contribution in [0.25, 0.3) is 10.9 Å². The molecule has 0 radical (unpaired) electrons. The first-order valence-corrected chi connectivity index (χ1v) is 8.47. The maximum absolute atomic E-state index is 12.5. The zero-order chi connectivity index (χ0) is 16.4. The second-order valence-corrected chi connectivity index (χ2v) is 6.70. The van der Waals surface area contributed by atoms with Crippen molar-refractivity contribution in [1.82, 2.24) is 19.8 Å². The van der Waals surface area contributed by atoms with Crippen molar-refractivity contribution in [3.63, 3.8) is 0 Å². The normalized spacial score (nSPS) is 16.0. The van der Waals surface area contributed by atoms with Crippen LogP contribution in [0.15, 0.2) is 33.8 Å². The highest BCUT2D eigenvalue weighted by molar-refractivity contribution is 9.10. The Bertz CT molecular complexity index is 781. The van der Waals surface area contributed by atoms with Crippen LogP contribution in [0.1, 0.15) is 12.8 Å². The molecule has 0 aliphatic carbocycles. The Morgan fingerprint density at radius 3 is 2.83 bits per heavy atom. The third-order valence-corrected chi connectivity index (χ3v) is 4.84. The summed E-state index contributed by atoms with van der Waals surface area (Å²) in [4.78, 5) is 31.0. The molecule has 0 bridgehead atoms. The maximum Gasteiger partial charge on any atom is 0.261 e. The van der Waals surface area contributed by atoms with Crippen LogP contribution < -0.4 is 10.9 Å². The lowest BCUT2D eigenvalue weighted by atomic mass is 10.1. The van der Waals surface area contributed by atoms with Gasteiger partial charge in [0.2, 0.25) is 5.91 Å². The molecule has 2 aromatic rings. The van der Waals surface area contributed by atoms with Gasteiger partial charge >= 0.3 is 0 Å². The molecule has 0 atom stereocenters. The van der Waals surface area contributed by atoms with E-state index in [0.29, 0.717) is 16.9 Å². The molecule has 1 aromatic heterocycles. The fourth-order valence-electron chi connectivity index (χ4n) is 2.91. The van der Waals surface area contributed by atoms with E-state index >= 15 is 0 Å². The highest BCUT2D eigenvalue weighted by Crippen LogP contribution is 2.15. The van der Waals surface area contributed by atoms with E-state index in [0.717, 1.165) is 30.4 Å².